The van der Waals surface area contributed by atoms with Gasteiger partial charge in [0.15, 0.2) is 5.82 Å². The van der Waals surface area contributed by atoms with Crippen LogP contribution in [0.4, 0.5) is 0 Å². The van der Waals surface area contributed by atoms with E-state index in [-0.39, 0.29) is 0 Å². The minimum atomic E-state index is 0.574. The molecule has 0 unspecified atom stereocenters. The van der Waals surface area contributed by atoms with E-state index in [1.54, 1.807) is 0 Å². The normalized spacial score (nSPS) is 11.1. The Bertz CT molecular complexity index is 258. The average molecular weight is 197 g/mol. The summed E-state index contributed by atoms with van der Waals surface area (Å²) in [4.78, 5) is 4.30. The summed E-state index contributed by atoms with van der Waals surface area (Å²) in [6, 6.07) is 0. The molecule has 0 atom stereocenters. The SMILES string of the molecule is CC(C)Cc1noc(CCCCN)n1. The molecular weight excluding hydrogens is 178 g/mol. The Labute approximate surface area is 84.9 Å². The van der Waals surface area contributed by atoms with Crippen LogP contribution in [0, 0.1) is 5.92 Å². The predicted molar refractivity (Wildman–Crippen MR) is 54.8 cm³/mol. The van der Waals surface area contributed by atoms with Gasteiger partial charge in [0.1, 0.15) is 0 Å². The highest BCUT2D eigenvalue weighted by atomic mass is 16.5. The zero-order valence-corrected chi connectivity index (χ0v) is 8.99. The van der Waals surface area contributed by atoms with E-state index < -0.39 is 0 Å². The van der Waals surface area contributed by atoms with Crippen LogP contribution in [0.15, 0.2) is 4.52 Å². The molecule has 1 aromatic heterocycles. The van der Waals surface area contributed by atoms with Gasteiger partial charge in [-0.2, -0.15) is 4.98 Å². The van der Waals surface area contributed by atoms with E-state index in [4.69, 9.17) is 10.3 Å². The number of rotatable bonds is 6. The van der Waals surface area contributed by atoms with Gasteiger partial charge in [-0.15, -0.1) is 0 Å². The summed E-state index contributed by atoms with van der Waals surface area (Å²) in [6.07, 6.45) is 3.78. The maximum Gasteiger partial charge on any atom is 0.226 e. The molecule has 0 radical (unpaired) electrons. The first-order chi connectivity index (χ1) is 6.72. The van der Waals surface area contributed by atoms with Crippen molar-refractivity contribution >= 4 is 0 Å². The van der Waals surface area contributed by atoms with Crippen molar-refractivity contribution < 1.29 is 4.52 Å². The zero-order valence-electron chi connectivity index (χ0n) is 8.99. The molecule has 0 fully saturated rings. The first kappa shape index (κ1) is 11.2. The molecule has 1 heterocycles. The summed E-state index contributed by atoms with van der Waals surface area (Å²) in [7, 11) is 0. The predicted octanol–water partition coefficient (Wildman–Crippen LogP) is 1.55. The van der Waals surface area contributed by atoms with Crippen LogP contribution < -0.4 is 5.73 Å². The van der Waals surface area contributed by atoms with E-state index in [0.717, 1.165) is 43.9 Å². The van der Waals surface area contributed by atoms with Gasteiger partial charge in [-0.3, -0.25) is 0 Å². The summed E-state index contributed by atoms with van der Waals surface area (Å²) in [5, 5.41) is 3.92. The van der Waals surface area contributed by atoms with E-state index in [9.17, 15) is 0 Å². The third-order valence-corrected chi connectivity index (χ3v) is 1.95. The van der Waals surface area contributed by atoms with Gasteiger partial charge < -0.3 is 10.3 Å². The van der Waals surface area contributed by atoms with Crippen molar-refractivity contribution in [3.8, 4) is 0 Å². The molecule has 0 saturated carbocycles. The molecule has 0 spiro atoms. The van der Waals surface area contributed by atoms with E-state index in [1.807, 2.05) is 0 Å². The molecule has 4 heteroatoms. The Hall–Kier alpha value is -0.900. The van der Waals surface area contributed by atoms with Crippen molar-refractivity contribution in [3.05, 3.63) is 11.7 Å². The van der Waals surface area contributed by atoms with Crippen LogP contribution in [0.1, 0.15) is 38.4 Å². The fourth-order valence-corrected chi connectivity index (χ4v) is 1.26. The van der Waals surface area contributed by atoms with Gasteiger partial charge in [0.25, 0.3) is 0 Å². The number of aromatic nitrogens is 2. The molecule has 1 rings (SSSR count). The number of hydrogen-bond donors (Lipinski definition) is 1. The minimum absolute atomic E-state index is 0.574. The monoisotopic (exact) mass is 197 g/mol. The van der Waals surface area contributed by atoms with Crippen molar-refractivity contribution in [3.63, 3.8) is 0 Å². The Morgan fingerprint density at radius 2 is 2.14 bits per heavy atom. The van der Waals surface area contributed by atoms with Gasteiger partial charge in [-0.25, -0.2) is 0 Å². The number of nitrogens with two attached hydrogens (primary N) is 1. The number of hydrogen-bond acceptors (Lipinski definition) is 4. The van der Waals surface area contributed by atoms with Crippen LogP contribution >= 0.6 is 0 Å². The maximum atomic E-state index is 5.40. The third kappa shape index (κ3) is 3.87. The largest absolute Gasteiger partial charge is 0.339 e. The van der Waals surface area contributed by atoms with Crippen LogP contribution in [0.2, 0.25) is 0 Å². The molecule has 80 valence electrons. The highest BCUT2D eigenvalue weighted by molar-refractivity contribution is 4.87. The van der Waals surface area contributed by atoms with E-state index in [0.29, 0.717) is 5.92 Å². The number of unbranched alkanes of at least 4 members (excludes halogenated alkanes) is 1. The molecule has 0 bridgehead atoms. The number of aryl methyl sites for hydroxylation is 1. The Balaban J connectivity index is 2.35. The van der Waals surface area contributed by atoms with Gasteiger partial charge in [-0.05, 0) is 25.3 Å². The smallest absolute Gasteiger partial charge is 0.226 e. The van der Waals surface area contributed by atoms with Crippen LogP contribution in [0.5, 0.6) is 0 Å². The lowest BCUT2D eigenvalue weighted by Crippen LogP contribution is -1.99. The quantitative estimate of drug-likeness (QED) is 0.703. The van der Waals surface area contributed by atoms with E-state index in [2.05, 4.69) is 24.0 Å². The minimum Gasteiger partial charge on any atom is -0.339 e. The van der Waals surface area contributed by atoms with Crippen LogP contribution in [0.25, 0.3) is 0 Å². The molecule has 14 heavy (non-hydrogen) atoms. The molecule has 1 aromatic rings. The standard InChI is InChI=1S/C10H19N3O/c1-8(2)7-9-12-10(14-13-9)5-3-4-6-11/h8H,3-7,11H2,1-2H3. The highest BCUT2D eigenvalue weighted by Gasteiger charge is 2.07. The van der Waals surface area contributed by atoms with Crippen molar-refractivity contribution in [1.29, 1.82) is 0 Å². The second-order valence-corrected chi connectivity index (χ2v) is 3.95. The fraction of sp³-hybridized carbons (Fsp3) is 0.800. The lowest BCUT2D eigenvalue weighted by atomic mass is 10.1. The van der Waals surface area contributed by atoms with E-state index >= 15 is 0 Å². The summed E-state index contributed by atoms with van der Waals surface area (Å²) < 4.78 is 5.11. The second kappa shape index (κ2) is 5.75. The van der Waals surface area contributed by atoms with Crippen molar-refractivity contribution in [1.82, 2.24) is 10.1 Å². The molecule has 0 amide bonds. The Morgan fingerprint density at radius 3 is 2.79 bits per heavy atom. The van der Waals surface area contributed by atoms with Crippen molar-refractivity contribution in [2.45, 2.75) is 39.5 Å². The summed E-state index contributed by atoms with van der Waals surface area (Å²) in [5.74, 6) is 2.14. The van der Waals surface area contributed by atoms with E-state index in [1.165, 1.54) is 0 Å². The molecule has 0 aliphatic heterocycles. The molecular formula is C10H19N3O. The van der Waals surface area contributed by atoms with Crippen molar-refractivity contribution in [2.75, 3.05) is 6.54 Å². The zero-order chi connectivity index (χ0) is 10.4. The first-order valence-electron chi connectivity index (χ1n) is 5.24. The Kier molecular flexibility index (Phi) is 4.59. The number of nitrogens with zero attached hydrogens (tertiary/aromatic N) is 2. The van der Waals surface area contributed by atoms with Gasteiger partial charge in [-0.1, -0.05) is 19.0 Å². The van der Waals surface area contributed by atoms with Gasteiger partial charge in [0, 0.05) is 12.8 Å². The topological polar surface area (TPSA) is 64.9 Å². The van der Waals surface area contributed by atoms with Crippen LogP contribution in [-0.2, 0) is 12.8 Å². The lowest BCUT2D eigenvalue weighted by Gasteiger charge is -1.96. The summed E-state index contributed by atoms with van der Waals surface area (Å²) >= 11 is 0. The average Bonchev–Trinajstić information content (AvgIpc) is 2.52. The molecule has 0 aromatic carbocycles. The molecule has 0 aliphatic carbocycles. The fourth-order valence-electron chi connectivity index (χ4n) is 1.26. The van der Waals surface area contributed by atoms with Gasteiger partial charge >= 0.3 is 0 Å². The maximum absolute atomic E-state index is 5.40. The molecule has 2 N–H and O–H groups in total. The van der Waals surface area contributed by atoms with Crippen LogP contribution in [0.3, 0.4) is 0 Å². The summed E-state index contributed by atoms with van der Waals surface area (Å²) in [5.41, 5.74) is 5.40. The lowest BCUT2D eigenvalue weighted by molar-refractivity contribution is 0.367. The first-order valence-corrected chi connectivity index (χ1v) is 5.24. The van der Waals surface area contributed by atoms with Crippen LogP contribution in [-0.4, -0.2) is 16.7 Å². The highest BCUT2D eigenvalue weighted by Crippen LogP contribution is 2.06. The van der Waals surface area contributed by atoms with Gasteiger partial charge in [0.2, 0.25) is 5.89 Å². The Morgan fingerprint density at radius 1 is 1.36 bits per heavy atom. The molecule has 0 aliphatic rings. The van der Waals surface area contributed by atoms with Gasteiger partial charge in [0.05, 0.1) is 0 Å². The third-order valence-electron chi connectivity index (χ3n) is 1.95. The summed E-state index contributed by atoms with van der Waals surface area (Å²) in [6.45, 7) is 5.02. The van der Waals surface area contributed by atoms with Crippen molar-refractivity contribution in [2.24, 2.45) is 11.7 Å². The second-order valence-electron chi connectivity index (χ2n) is 3.95. The molecule has 0 saturated heterocycles. The molecule has 4 nitrogen and oxygen atoms in total.